The topological polar surface area (TPSA) is 38.0 Å². The first-order valence-corrected chi connectivity index (χ1v) is 8.02. The molecule has 21 heavy (non-hydrogen) atoms. The molecule has 0 bridgehead atoms. The summed E-state index contributed by atoms with van der Waals surface area (Å²) in [5.74, 6) is 1.28. The van der Waals surface area contributed by atoms with Gasteiger partial charge in [0.25, 0.3) is 0 Å². The molecular weight excluding hydrogens is 280 g/mol. The van der Waals surface area contributed by atoms with Gasteiger partial charge in [-0.1, -0.05) is 42.3 Å². The SMILES string of the molecule is Nc1cccc2c1N[C@H](c1ccc(Cl)cc1)[C@H]1CCC[C@H]21. The van der Waals surface area contributed by atoms with Crippen molar-refractivity contribution in [2.24, 2.45) is 5.92 Å². The summed E-state index contributed by atoms with van der Waals surface area (Å²) in [4.78, 5) is 0. The van der Waals surface area contributed by atoms with E-state index < -0.39 is 0 Å². The predicted molar refractivity (Wildman–Crippen MR) is 88.8 cm³/mol. The highest BCUT2D eigenvalue weighted by molar-refractivity contribution is 6.30. The Kier molecular flexibility index (Phi) is 3.07. The van der Waals surface area contributed by atoms with Gasteiger partial charge in [-0.05, 0) is 54.0 Å². The van der Waals surface area contributed by atoms with E-state index in [1.54, 1.807) is 0 Å². The van der Waals surface area contributed by atoms with Gasteiger partial charge in [0, 0.05) is 5.02 Å². The van der Waals surface area contributed by atoms with Gasteiger partial charge < -0.3 is 11.1 Å². The third-order valence-electron chi connectivity index (χ3n) is 5.05. The Labute approximate surface area is 130 Å². The molecule has 4 rings (SSSR count). The van der Waals surface area contributed by atoms with E-state index in [1.165, 1.54) is 30.4 Å². The Balaban J connectivity index is 1.79. The van der Waals surface area contributed by atoms with Crippen molar-refractivity contribution in [3.63, 3.8) is 0 Å². The van der Waals surface area contributed by atoms with Gasteiger partial charge in [-0.25, -0.2) is 0 Å². The Morgan fingerprint density at radius 1 is 1.05 bits per heavy atom. The molecule has 2 aromatic carbocycles. The molecule has 108 valence electrons. The maximum Gasteiger partial charge on any atom is 0.0614 e. The van der Waals surface area contributed by atoms with E-state index in [4.69, 9.17) is 17.3 Å². The van der Waals surface area contributed by atoms with Crippen LogP contribution in [-0.4, -0.2) is 0 Å². The summed E-state index contributed by atoms with van der Waals surface area (Å²) >= 11 is 6.03. The number of fused-ring (bicyclic) bond motifs is 3. The monoisotopic (exact) mass is 298 g/mol. The summed E-state index contributed by atoms with van der Waals surface area (Å²) in [6.07, 6.45) is 3.85. The Bertz CT molecular complexity index is 665. The molecule has 1 heterocycles. The smallest absolute Gasteiger partial charge is 0.0614 e. The van der Waals surface area contributed by atoms with Crippen LogP contribution in [0.5, 0.6) is 0 Å². The van der Waals surface area contributed by atoms with Crippen LogP contribution in [0.15, 0.2) is 42.5 Å². The van der Waals surface area contributed by atoms with E-state index in [9.17, 15) is 0 Å². The van der Waals surface area contributed by atoms with Gasteiger partial charge in [0.2, 0.25) is 0 Å². The van der Waals surface area contributed by atoms with Gasteiger partial charge in [0.1, 0.15) is 0 Å². The van der Waals surface area contributed by atoms with Crippen molar-refractivity contribution in [3.05, 3.63) is 58.6 Å². The minimum Gasteiger partial charge on any atom is -0.397 e. The summed E-state index contributed by atoms with van der Waals surface area (Å²) in [6.45, 7) is 0. The van der Waals surface area contributed by atoms with E-state index >= 15 is 0 Å². The average molecular weight is 299 g/mol. The fraction of sp³-hybridized carbons (Fsp3) is 0.333. The zero-order chi connectivity index (χ0) is 14.4. The Morgan fingerprint density at radius 3 is 2.67 bits per heavy atom. The first-order valence-electron chi connectivity index (χ1n) is 7.64. The summed E-state index contributed by atoms with van der Waals surface area (Å²) in [5.41, 5.74) is 10.9. The zero-order valence-electron chi connectivity index (χ0n) is 11.9. The van der Waals surface area contributed by atoms with Crippen molar-refractivity contribution in [2.75, 3.05) is 11.1 Å². The highest BCUT2D eigenvalue weighted by Gasteiger charge is 2.40. The normalized spacial score (nSPS) is 26.8. The van der Waals surface area contributed by atoms with Crippen LogP contribution in [0.3, 0.4) is 0 Å². The number of hydrogen-bond donors (Lipinski definition) is 2. The number of hydrogen-bond acceptors (Lipinski definition) is 2. The molecule has 0 spiro atoms. The maximum atomic E-state index is 6.20. The molecule has 3 atom stereocenters. The summed E-state index contributed by atoms with van der Waals surface area (Å²) in [6, 6.07) is 14.9. The molecule has 0 unspecified atom stereocenters. The Hall–Kier alpha value is -1.67. The molecule has 3 heteroatoms. The van der Waals surface area contributed by atoms with E-state index in [2.05, 4.69) is 29.6 Å². The fourth-order valence-electron chi connectivity index (χ4n) is 4.10. The van der Waals surface area contributed by atoms with Crippen molar-refractivity contribution < 1.29 is 0 Å². The minimum absolute atomic E-state index is 0.340. The fourth-order valence-corrected chi connectivity index (χ4v) is 4.23. The van der Waals surface area contributed by atoms with Gasteiger partial charge in [-0.3, -0.25) is 0 Å². The molecule has 1 aliphatic carbocycles. The second kappa shape index (κ2) is 4.96. The molecule has 2 aromatic rings. The first kappa shape index (κ1) is 13.0. The van der Waals surface area contributed by atoms with Crippen LogP contribution in [-0.2, 0) is 0 Å². The van der Waals surface area contributed by atoms with Crippen LogP contribution < -0.4 is 11.1 Å². The molecule has 0 amide bonds. The number of nitrogens with two attached hydrogens (primary N) is 1. The first-order chi connectivity index (χ1) is 10.2. The van der Waals surface area contributed by atoms with E-state index in [0.717, 1.165) is 16.4 Å². The quantitative estimate of drug-likeness (QED) is 0.729. The lowest BCUT2D eigenvalue weighted by Crippen LogP contribution is -2.29. The van der Waals surface area contributed by atoms with Crippen molar-refractivity contribution in [1.82, 2.24) is 0 Å². The number of nitrogens with one attached hydrogen (secondary N) is 1. The van der Waals surface area contributed by atoms with Crippen LogP contribution in [0.2, 0.25) is 5.02 Å². The third-order valence-corrected chi connectivity index (χ3v) is 5.31. The lowest BCUT2D eigenvalue weighted by atomic mass is 9.77. The van der Waals surface area contributed by atoms with E-state index in [-0.39, 0.29) is 0 Å². The second-order valence-electron chi connectivity index (χ2n) is 6.19. The Morgan fingerprint density at radius 2 is 1.86 bits per heavy atom. The molecule has 1 saturated carbocycles. The van der Waals surface area contributed by atoms with Gasteiger partial charge in [0.15, 0.2) is 0 Å². The van der Waals surface area contributed by atoms with Gasteiger partial charge >= 0.3 is 0 Å². The molecule has 0 radical (unpaired) electrons. The standard InChI is InChI=1S/C18H19ClN2/c19-12-9-7-11(8-10-12)17-14-4-1-3-13(14)15-5-2-6-16(20)18(15)21-17/h2,5-10,13-14,17,21H,1,3-4,20H2/t13-,14-,17+/m0/s1. The van der Waals surface area contributed by atoms with Crippen LogP contribution in [0.4, 0.5) is 11.4 Å². The van der Waals surface area contributed by atoms with Crippen molar-refractivity contribution >= 4 is 23.0 Å². The minimum atomic E-state index is 0.340. The molecule has 0 aromatic heterocycles. The lowest BCUT2D eigenvalue weighted by molar-refractivity contribution is 0.406. The molecule has 1 fully saturated rings. The highest BCUT2D eigenvalue weighted by atomic mass is 35.5. The predicted octanol–water partition coefficient (Wildman–Crippen LogP) is 4.97. The molecule has 1 aliphatic heterocycles. The molecule has 0 saturated heterocycles. The lowest BCUT2D eigenvalue weighted by Gasteiger charge is -2.38. The molecular formula is C18H19ClN2. The van der Waals surface area contributed by atoms with E-state index in [1.807, 2.05) is 18.2 Å². The van der Waals surface area contributed by atoms with Gasteiger partial charge in [-0.2, -0.15) is 0 Å². The summed E-state index contributed by atoms with van der Waals surface area (Å²) < 4.78 is 0. The number of nitrogen functional groups attached to an aromatic ring is 1. The number of para-hydroxylation sites is 1. The van der Waals surface area contributed by atoms with Crippen LogP contribution in [0, 0.1) is 5.92 Å². The molecule has 3 N–H and O–H groups in total. The number of halogens is 1. The van der Waals surface area contributed by atoms with Gasteiger partial charge in [-0.15, -0.1) is 0 Å². The average Bonchev–Trinajstić information content (AvgIpc) is 2.98. The molecule has 2 nitrogen and oxygen atoms in total. The zero-order valence-corrected chi connectivity index (χ0v) is 12.6. The summed E-state index contributed by atoms with van der Waals surface area (Å²) in [5, 5.41) is 4.49. The van der Waals surface area contributed by atoms with Crippen LogP contribution >= 0.6 is 11.6 Å². The highest BCUT2D eigenvalue weighted by Crippen LogP contribution is 2.53. The number of rotatable bonds is 1. The van der Waals surface area contributed by atoms with E-state index in [0.29, 0.717) is 17.9 Å². The third kappa shape index (κ3) is 2.09. The summed E-state index contributed by atoms with van der Waals surface area (Å²) in [7, 11) is 0. The number of anilines is 2. The maximum absolute atomic E-state index is 6.20. The van der Waals surface area contributed by atoms with Crippen molar-refractivity contribution in [3.8, 4) is 0 Å². The van der Waals surface area contributed by atoms with Gasteiger partial charge in [0.05, 0.1) is 17.4 Å². The second-order valence-corrected chi connectivity index (χ2v) is 6.62. The van der Waals surface area contributed by atoms with Crippen molar-refractivity contribution in [1.29, 1.82) is 0 Å². The number of benzene rings is 2. The van der Waals surface area contributed by atoms with Crippen LogP contribution in [0.1, 0.15) is 42.3 Å². The van der Waals surface area contributed by atoms with Crippen LogP contribution in [0.25, 0.3) is 0 Å². The molecule has 2 aliphatic rings. The van der Waals surface area contributed by atoms with Crippen molar-refractivity contribution in [2.45, 2.75) is 31.2 Å². The largest absolute Gasteiger partial charge is 0.397 e.